The van der Waals surface area contributed by atoms with Gasteiger partial charge in [-0.3, -0.25) is 4.79 Å². The number of amides is 1. The minimum absolute atomic E-state index is 0.103. The maximum absolute atomic E-state index is 12.8. The summed E-state index contributed by atoms with van der Waals surface area (Å²) in [6, 6.07) is 9.71. The minimum atomic E-state index is -0.198. The van der Waals surface area contributed by atoms with E-state index in [0.717, 1.165) is 35.6 Å². The first kappa shape index (κ1) is 18.0. The molecule has 1 aromatic heterocycles. The summed E-state index contributed by atoms with van der Waals surface area (Å²) in [7, 11) is 1.84. The van der Waals surface area contributed by atoms with Gasteiger partial charge in [0.1, 0.15) is 11.5 Å². The largest absolute Gasteiger partial charge is 0.494 e. The summed E-state index contributed by atoms with van der Waals surface area (Å²) in [5.41, 5.74) is 1.73. The average molecular weight is 330 g/mol. The van der Waals surface area contributed by atoms with Gasteiger partial charge in [-0.1, -0.05) is 30.3 Å². The monoisotopic (exact) mass is 330 g/mol. The molecular weight excluding hydrogens is 304 g/mol. The summed E-state index contributed by atoms with van der Waals surface area (Å²) in [6.07, 6.45) is 1.52. The van der Waals surface area contributed by atoms with Crippen molar-refractivity contribution in [2.24, 2.45) is 0 Å². The lowest BCUT2D eigenvalue weighted by atomic mass is 9.93. The number of likely N-dealkylation sites (N-methyl/N-ethyl adjacent to an activating group) is 1. The van der Waals surface area contributed by atoms with Crippen LogP contribution in [0.15, 0.2) is 34.9 Å². The first-order chi connectivity index (χ1) is 11.5. The lowest BCUT2D eigenvalue weighted by Crippen LogP contribution is -2.33. The third kappa shape index (κ3) is 4.37. The molecule has 0 spiro atoms. The Morgan fingerprint density at radius 2 is 2.00 bits per heavy atom. The van der Waals surface area contributed by atoms with Crippen LogP contribution in [0.3, 0.4) is 0 Å². The van der Waals surface area contributed by atoms with Crippen LogP contribution in [0, 0.1) is 13.8 Å². The summed E-state index contributed by atoms with van der Waals surface area (Å²) in [5.74, 6) is 1.49. The van der Waals surface area contributed by atoms with Crippen molar-refractivity contribution >= 4 is 5.91 Å². The number of hydrogen-bond acceptors (Lipinski definition) is 4. The number of benzene rings is 1. The van der Waals surface area contributed by atoms with Crippen LogP contribution in [0.2, 0.25) is 0 Å². The summed E-state index contributed by atoms with van der Waals surface area (Å²) in [6.45, 7) is 7.00. The highest BCUT2D eigenvalue weighted by Crippen LogP contribution is 2.27. The predicted molar refractivity (Wildman–Crippen MR) is 93.2 cm³/mol. The van der Waals surface area contributed by atoms with Gasteiger partial charge in [-0.05, 0) is 38.8 Å². The average Bonchev–Trinajstić information content (AvgIpc) is 2.92. The van der Waals surface area contributed by atoms with Gasteiger partial charge >= 0.3 is 0 Å². The zero-order valence-corrected chi connectivity index (χ0v) is 14.9. The van der Waals surface area contributed by atoms with Crippen molar-refractivity contribution in [3.63, 3.8) is 0 Å². The number of ether oxygens (including phenoxy) is 1. The molecule has 0 fully saturated rings. The maximum atomic E-state index is 12.8. The van der Waals surface area contributed by atoms with Crippen molar-refractivity contribution in [1.82, 2.24) is 10.1 Å². The van der Waals surface area contributed by atoms with E-state index in [1.54, 1.807) is 4.90 Å². The van der Waals surface area contributed by atoms with Gasteiger partial charge < -0.3 is 14.2 Å². The van der Waals surface area contributed by atoms with Crippen molar-refractivity contribution in [3.8, 4) is 5.75 Å². The van der Waals surface area contributed by atoms with Gasteiger partial charge in [0.25, 0.3) is 0 Å². The molecule has 0 bridgehead atoms. The third-order valence-corrected chi connectivity index (χ3v) is 4.17. The number of carbonyl (C=O) groups excluding carboxylic acids is 1. The Balaban J connectivity index is 1.86. The van der Waals surface area contributed by atoms with Gasteiger partial charge in [0.05, 0.1) is 18.2 Å². The van der Waals surface area contributed by atoms with E-state index in [9.17, 15) is 4.79 Å². The Morgan fingerprint density at radius 1 is 1.29 bits per heavy atom. The molecule has 1 amide bonds. The fraction of sp³-hybridized carbons (Fsp3) is 0.474. The van der Waals surface area contributed by atoms with E-state index >= 15 is 0 Å². The second kappa shape index (κ2) is 8.52. The number of hydrogen-bond donors (Lipinski definition) is 0. The molecule has 0 aliphatic carbocycles. The number of nitrogens with zero attached hydrogens (tertiary/aromatic N) is 2. The molecule has 130 valence electrons. The molecule has 1 atom stereocenters. The fourth-order valence-corrected chi connectivity index (χ4v) is 2.87. The van der Waals surface area contributed by atoms with Gasteiger partial charge in [0.2, 0.25) is 5.91 Å². The quantitative estimate of drug-likeness (QED) is 0.692. The highest BCUT2D eigenvalue weighted by molar-refractivity contribution is 5.84. The molecule has 0 saturated heterocycles. The molecule has 0 N–H and O–H groups in total. The van der Waals surface area contributed by atoms with E-state index in [1.807, 2.05) is 58.2 Å². The number of aromatic nitrogens is 1. The van der Waals surface area contributed by atoms with Crippen molar-refractivity contribution in [2.45, 2.75) is 39.5 Å². The topological polar surface area (TPSA) is 55.6 Å². The molecule has 0 aliphatic heterocycles. The fourth-order valence-electron chi connectivity index (χ4n) is 2.87. The molecule has 0 aliphatic rings. The Hall–Kier alpha value is -2.30. The van der Waals surface area contributed by atoms with Gasteiger partial charge in [-0.2, -0.15) is 0 Å². The zero-order valence-electron chi connectivity index (χ0n) is 14.9. The minimum Gasteiger partial charge on any atom is -0.494 e. The van der Waals surface area contributed by atoms with E-state index in [2.05, 4.69) is 5.16 Å². The van der Waals surface area contributed by atoms with Crippen LogP contribution in [0.1, 0.15) is 42.7 Å². The first-order valence-electron chi connectivity index (χ1n) is 8.40. The summed E-state index contributed by atoms with van der Waals surface area (Å²) < 4.78 is 10.9. The van der Waals surface area contributed by atoms with Gasteiger partial charge in [0, 0.05) is 19.2 Å². The second-order valence-corrected chi connectivity index (χ2v) is 5.97. The first-order valence-corrected chi connectivity index (χ1v) is 8.40. The molecule has 24 heavy (non-hydrogen) atoms. The molecular formula is C19H26N2O3. The lowest BCUT2D eigenvalue weighted by molar-refractivity contribution is -0.131. The summed E-state index contributed by atoms with van der Waals surface area (Å²) >= 11 is 0. The normalized spacial score (nSPS) is 12.0. The number of para-hydroxylation sites is 1. The number of carbonyl (C=O) groups is 1. The van der Waals surface area contributed by atoms with E-state index in [4.69, 9.17) is 9.26 Å². The van der Waals surface area contributed by atoms with Crippen molar-refractivity contribution in [3.05, 3.63) is 47.3 Å². The highest BCUT2D eigenvalue weighted by Gasteiger charge is 2.27. The van der Waals surface area contributed by atoms with Crippen LogP contribution < -0.4 is 4.74 Å². The van der Waals surface area contributed by atoms with E-state index in [-0.39, 0.29) is 11.8 Å². The number of rotatable bonds is 8. The zero-order chi connectivity index (χ0) is 17.5. The van der Waals surface area contributed by atoms with Crippen LogP contribution in [-0.4, -0.2) is 36.2 Å². The molecule has 2 aromatic rings. The maximum Gasteiger partial charge on any atom is 0.230 e. The van der Waals surface area contributed by atoms with Crippen LogP contribution in [-0.2, 0) is 4.79 Å². The van der Waals surface area contributed by atoms with Gasteiger partial charge in [-0.25, -0.2) is 0 Å². The van der Waals surface area contributed by atoms with E-state index in [0.29, 0.717) is 13.2 Å². The Kier molecular flexibility index (Phi) is 6.41. The molecule has 2 rings (SSSR count). The molecule has 0 saturated carbocycles. The molecule has 0 radical (unpaired) electrons. The second-order valence-electron chi connectivity index (χ2n) is 5.97. The van der Waals surface area contributed by atoms with Crippen LogP contribution in [0.5, 0.6) is 5.75 Å². The molecule has 5 nitrogen and oxygen atoms in total. The Labute approximate surface area is 143 Å². The van der Waals surface area contributed by atoms with Crippen LogP contribution in [0.4, 0.5) is 0 Å². The Bertz CT molecular complexity index is 632. The van der Waals surface area contributed by atoms with Crippen molar-refractivity contribution < 1.29 is 14.1 Å². The third-order valence-electron chi connectivity index (χ3n) is 4.17. The number of aryl methyl sites for hydroxylation is 2. The molecule has 1 unspecified atom stereocenters. The highest BCUT2D eigenvalue weighted by atomic mass is 16.5. The Morgan fingerprint density at radius 3 is 2.58 bits per heavy atom. The van der Waals surface area contributed by atoms with Gasteiger partial charge in [-0.15, -0.1) is 0 Å². The SMILES string of the molecule is CCC(C(=O)N(C)CCCOc1ccccc1)c1c(C)noc1C. The van der Waals surface area contributed by atoms with Crippen LogP contribution in [0.25, 0.3) is 0 Å². The van der Waals surface area contributed by atoms with E-state index < -0.39 is 0 Å². The molecule has 1 aromatic carbocycles. The lowest BCUT2D eigenvalue weighted by Gasteiger charge is -2.23. The van der Waals surface area contributed by atoms with Gasteiger partial charge in [0.15, 0.2) is 0 Å². The standard InChI is InChI=1S/C19H26N2O3/c1-5-17(18-14(2)20-24-15(18)3)19(22)21(4)12-9-13-23-16-10-7-6-8-11-16/h6-8,10-11,17H,5,9,12-13H2,1-4H3. The summed E-state index contributed by atoms with van der Waals surface area (Å²) in [4.78, 5) is 14.5. The predicted octanol–water partition coefficient (Wildman–Crippen LogP) is 3.71. The van der Waals surface area contributed by atoms with Crippen molar-refractivity contribution in [1.29, 1.82) is 0 Å². The smallest absolute Gasteiger partial charge is 0.230 e. The molecule has 1 heterocycles. The molecule has 5 heteroatoms. The van der Waals surface area contributed by atoms with E-state index in [1.165, 1.54) is 0 Å². The summed E-state index contributed by atoms with van der Waals surface area (Å²) in [5, 5.41) is 3.97. The van der Waals surface area contributed by atoms with Crippen molar-refractivity contribution in [2.75, 3.05) is 20.2 Å². The van der Waals surface area contributed by atoms with Crippen LogP contribution >= 0.6 is 0 Å².